The minimum atomic E-state index is -0.202. The van der Waals surface area contributed by atoms with Crippen LogP contribution in [-0.4, -0.2) is 36.5 Å². The fraction of sp³-hybridized carbons (Fsp3) is 0.600. The van der Waals surface area contributed by atoms with E-state index in [1.807, 2.05) is 12.1 Å². The first-order valence-electron chi connectivity index (χ1n) is 9.33. The number of hydrogen-bond donors (Lipinski definition) is 2. The van der Waals surface area contributed by atoms with Gasteiger partial charge in [0.15, 0.2) is 0 Å². The van der Waals surface area contributed by atoms with Crippen molar-refractivity contribution in [2.45, 2.75) is 64.0 Å². The van der Waals surface area contributed by atoms with Crippen LogP contribution in [0.5, 0.6) is 0 Å². The summed E-state index contributed by atoms with van der Waals surface area (Å²) >= 11 is 0. The zero-order valence-electron chi connectivity index (χ0n) is 15.5. The number of benzene rings is 1. The Labute approximate surface area is 150 Å². The maximum atomic E-state index is 12.0. The van der Waals surface area contributed by atoms with Crippen molar-refractivity contribution >= 4 is 17.5 Å². The average molecular weight is 343 g/mol. The van der Waals surface area contributed by atoms with E-state index in [2.05, 4.69) is 48.4 Å². The molecule has 0 saturated carbocycles. The summed E-state index contributed by atoms with van der Waals surface area (Å²) in [7, 11) is 0. The fourth-order valence-electron chi connectivity index (χ4n) is 4.03. The van der Waals surface area contributed by atoms with Crippen LogP contribution in [0, 0.1) is 0 Å². The van der Waals surface area contributed by atoms with Crippen LogP contribution in [0.1, 0.15) is 57.9 Å². The Morgan fingerprint density at radius 2 is 1.80 bits per heavy atom. The van der Waals surface area contributed by atoms with Gasteiger partial charge in [0.25, 0.3) is 0 Å². The fourth-order valence-corrected chi connectivity index (χ4v) is 4.03. The van der Waals surface area contributed by atoms with E-state index in [0.717, 1.165) is 31.5 Å². The summed E-state index contributed by atoms with van der Waals surface area (Å²) in [5, 5.41) is 6.13. The number of nitrogens with one attached hydrogen (secondary N) is 2. The van der Waals surface area contributed by atoms with Crippen LogP contribution in [0.25, 0.3) is 0 Å². The molecule has 0 radical (unpaired) electrons. The van der Waals surface area contributed by atoms with Gasteiger partial charge >= 0.3 is 0 Å². The van der Waals surface area contributed by atoms with Crippen molar-refractivity contribution in [3.8, 4) is 0 Å². The zero-order valence-corrected chi connectivity index (χ0v) is 15.5. The molecule has 5 heteroatoms. The summed E-state index contributed by atoms with van der Waals surface area (Å²) in [5.41, 5.74) is 2.43. The Morgan fingerprint density at radius 3 is 2.36 bits per heavy atom. The van der Waals surface area contributed by atoms with Crippen molar-refractivity contribution in [2.75, 3.05) is 18.0 Å². The molecule has 3 rings (SSSR count). The molecule has 2 fully saturated rings. The molecule has 1 atom stereocenters. The third-order valence-corrected chi connectivity index (χ3v) is 5.40. The Kier molecular flexibility index (Phi) is 5.13. The second-order valence-electron chi connectivity index (χ2n) is 7.94. The van der Waals surface area contributed by atoms with Crippen molar-refractivity contribution in [1.82, 2.24) is 10.6 Å². The number of carbonyl (C=O) groups excluding carboxylic acids is 2. The second-order valence-corrected chi connectivity index (χ2v) is 7.94. The molecule has 0 bridgehead atoms. The number of hydrogen-bond acceptors (Lipinski definition) is 4. The van der Waals surface area contributed by atoms with E-state index in [4.69, 9.17) is 0 Å². The summed E-state index contributed by atoms with van der Waals surface area (Å²) in [6.07, 6.45) is 3.28. The molecule has 136 valence electrons. The van der Waals surface area contributed by atoms with Crippen molar-refractivity contribution in [2.24, 2.45) is 0 Å². The highest BCUT2D eigenvalue weighted by Gasteiger charge is 2.31. The lowest BCUT2D eigenvalue weighted by molar-refractivity contribution is -0.134. The van der Waals surface area contributed by atoms with Gasteiger partial charge in [-0.05, 0) is 43.9 Å². The first-order valence-corrected chi connectivity index (χ1v) is 9.33. The summed E-state index contributed by atoms with van der Waals surface area (Å²) in [6.45, 7) is 8.79. The molecule has 0 aliphatic carbocycles. The maximum absolute atomic E-state index is 12.0. The molecule has 5 nitrogen and oxygen atoms in total. The lowest BCUT2D eigenvalue weighted by Crippen LogP contribution is -2.53. The van der Waals surface area contributed by atoms with Gasteiger partial charge in [-0.3, -0.25) is 14.9 Å². The Balaban J connectivity index is 1.62. The molecule has 2 N–H and O–H groups in total. The minimum absolute atomic E-state index is 0.163. The van der Waals surface area contributed by atoms with Gasteiger partial charge < -0.3 is 10.2 Å². The van der Waals surface area contributed by atoms with Crippen LogP contribution in [0.15, 0.2) is 24.3 Å². The first-order chi connectivity index (χ1) is 11.9. The van der Waals surface area contributed by atoms with Gasteiger partial charge in [-0.1, -0.05) is 26.0 Å². The van der Waals surface area contributed by atoms with Crippen LogP contribution < -0.4 is 15.5 Å². The maximum Gasteiger partial charge on any atom is 0.234 e. The molecule has 1 unspecified atom stereocenters. The lowest BCUT2D eigenvalue weighted by atomic mass is 9.88. The highest BCUT2D eigenvalue weighted by atomic mass is 16.2. The monoisotopic (exact) mass is 343 g/mol. The molecule has 1 aromatic rings. The van der Waals surface area contributed by atoms with E-state index in [9.17, 15) is 9.59 Å². The van der Waals surface area contributed by atoms with Crippen LogP contribution in [0.2, 0.25) is 0 Å². The number of amides is 2. The van der Waals surface area contributed by atoms with Crippen LogP contribution in [-0.2, 0) is 9.59 Å². The Morgan fingerprint density at radius 1 is 1.16 bits per heavy atom. The molecule has 0 spiro atoms. The van der Waals surface area contributed by atoms with Crippen molar-refractivity contribution in [1.29, 1.82) is 0 Å². The third-order valence-electron chi connectivity index (χ3n) is 5.40. The third kappa shape index (κ3) is 4.21. The SMILES string of the molecule is CC(C)NC1(C)CCN(c2ccc(C3CCC(=O)NC3=O)cc2)CC1. The zero-order chi connectivity index (χ0) is 18.0. The van der Waals surface area contributed by atoms with Gasteiger partial charge in [0.2, 0.25) is 11.8 Å². The minimum Gasteiger partial charge on any atom is -0.371 e. The molecule has 2 heterocycles. The van der Waals surface area contributed by atoms with Crippen molar-refractivity contribution in [3.63, 3.8) is 0 Å². The number of anilines is 1. The molecular formula is C20H29N3O2. The number of piperidine rings is 2. The summed E-state index contributed by atoms with van der Waals surface area (Å²) in [6, 6.07) is 8.80. The van der Waals surface area contributed by atoms with E-state index >= 15 is 0 Å². The second kappa shape index (κ2) is 7.16. The highest BCUT2D eigenvalue weighted by Crippen LogP contribution is 2.29. The van der Waals surface area contributed by atoms with Gasteiger partial charge in [0.05, 0.1) is 5.92 Å². The topological polar surface area (TPSA) is 61.4 Å². The average Bonchev–Trinajstić information content (AvgIpc) is 2.55. The van der Waals surface area contributed by atoms with Crippen LogP contribution >= 0.6 is 0 Å². The molecule has 0 aromatic heterocycles. The Hall–Kier alpha value is -1.88. The van der Waals surface area contributed by atoms with Gasteiger partial charge in [0, 0.05) is 36.8 Å². The number of rotatable bonds is 4. The standard InChI is InChI=1S/C20H29N3O2/c1-14(2)22-20(3)10-12-23(13-11-20)16-6-4-15(5-7-16)17-8-9-18(24)21-19(17)25/h4-7,14,17,22H,8-13H2,1-3H3,(H,21,24,25). The predicted molar refractivity (Wildman–Crippen MR) is 99.7 cm³/mol. The van der Waals surface area contributed by atoms with Gasteiger partial charge in [-0.2, -0.15) is 0 Å². The van der Waals surface area contributed by atoms with E-state index in [1.165, 1.54) is 5.69 Å². The van der Waals surface area contributed by atoms with E-state index in [1.54, 1.807) is 0 Å². The van der Waals surface area contributed by atoms with Crippen LogP contribution in [0.4, 0.5) is 5.69 Å². The van der Waals surface area contributed by atoms with Gasteiger partial charge in [-0.25, -0.2) is 0 Å². The van der Waals surface area contributed by atoms with E-state index in [-0.39, 0.29) is 23.3 Å². The Bertz CT molecular complexity index is 631. The molecule has 1 aromatic carbocycles. The lowest BCUT2D eigenvalue weighted by Gasteiger charge is -2.42. The van der Waals surface area contributed by atoms with Crippen molar-refractivity contribution in [3.05, 3.63) is 29.8 Å². The molecule has 2 aliphatic heterocycles. The number of carbonyl (C=O) groups is 2. The first kappa shape index (κ1) is 17.9. The quantitative estimate of drug-likeness (QED) is 0.825. The van der Waals surface area contributed by atoms with Gasteiger partial charge in [0.1, 0.15) is 0 Å². The summed E-state index contributed by atoms with van der Waals surface area (Å²) < 4.78 is 0. The summed E-state index contributed by atoms with van der Waals surface area (Å²) in [5.74, 6) is -0.534. The smallest absolute Gasteiger partial charge is 0.234 e. The van der Waals surface area contributed by atoms with Gasteiger partial charge in [-0.15, -0.1) is 0 Å². The summed E-state index contributed by atoms with van der Waals surface area (Å²) in [4.78, 5) is 25.7. The molecule has 2 saturated heterocycles. The predicted octanol–water partition coefficient (Wildman–Crippen LogP) is 2.56. The van der Waals surface area contributed by atoms with Crippen molar-refractivity contribution < 1.29 is 9.59 Å². The van der Waals surface area contributed by atoms with Crippen LogP contribution in [0.3, 0.4) is 0 Å². The molecule has 25 heavy (non-hydrogen) atoms. The normalized spacial score (nSPS) is 23.7. The molecule has 2 aliphatic rings. The number of nitrogens with zero attached hydrogens (tertiary/aromatic N) is 1. The van der Waals surface area contributed by atoms with E-state index in [0.29, 0.717) is 18.9 Å². The molecular weight excluding hydrogens is 314 g/mol. The highest BCUT2D eigenvalue weighted by molar-refractivity contribution is 6.00. The number of imide groups is 1. The van der Waals surface area contributed by atoms with E-state index < -0.39 is 0 Å². The molecule has 2 amide bonds. The largest absolute Gasteiger partial charge is 0.371 e.